The van der Waals surface area contributed by atoms with Crippen molar-refractivity contribution in [3.05, 3.63) is 94.6 Å². The monoisotopic (exact) mass is 426 g/mol. The van der Waals surface area contributed by atoms with Crippen LogP contribution in [-0.4, -0.2) is 25.9 Å². The van der Waals surface area contributed by atoms with Crippen LogP contribution in [0, 0.1) is 26.6 Å². The number of pyridine rings is 1. The summed E-state index contributed by atoms with van der Waals surface area (Å²) in [7, 11) is -3.91. The van der Waals surface area contributed by atoms with Crippen molar-refractivity contribution < 1.29 is 17.6 Å². The van der Waals surface area contributed by atoms with Gasteiger partial charge in [0.15, 0.2) is 9.84 Å². The van der Waals surface area contributed by atoms with Crippen molar-refractivity contribution in [3.8, 4) is 0 Å². The van der Waals surface area contributed by atoms with Gasteiger partial charge < -0.3 is 5.32 Å². The van der Waals surface area contributed by atoms with Gasteiger partial charge in [0.05, 0.1) is 4.90 Å². The number of halogens is 1. The van der Waals surface area contributed by atoms with Crippen molar-refractivity contribution in [2.75, 3.05) is 6.54 Å². The number of rotatable bonds is 6. The van der Waals surface area contributed by atoms with Crippen molar-refractivity contribution in [1.82, 2.24) is 10.3 Å². The van der Waals surface area contributed by atoms with Gasteiger partial charge in [-0.1, -0.05) is 12.1 Å². The van der Waals surface area contributed by atoms with Crippen LogP contribution in [0.4, 0.5) is 4.39 Å². The topological polar surface area (TPSA) is 76.1 Å². The number of aromatic nitrogens is 1. The van der Waals surface area contributed by atoms with Crippen LogP contribution >= 0.6 is 0 Å². The number of hydrogen-bond donors (Lipinski definition) is 1. The van der Waals surface area contributed by atoms with Crippen LogP contribution < -0.4 is 5.32 Å². The molecule has 3 rings (SSSR count). The van der Waals surface area contributed by atoms with E-state index in [0.29, 0.717) is 11.1 Å². The van der Waals surface area contributed by atoms with E-state index in [1.165, 1.54) is 25.3 Å². The zero-order valence-electron chi connectivity index (χ0n) is 17.0. The maximum absolute atomic E-state index is 13.7. The molecule has 1 N–H and O–H groups in total. The molecular formula is C23H23FN2O3S. The average Bonchev–Trinajstić information content (AvgIpc) is 2.72. The number of carbonyl (C=O) groups is 1. The highest BCUT2D eigenvalue weighted by Crippen LogP contribution is 2.29. The highest BCUT2D eigenvalue weighted by Gasteiger charge is 2.30. The molecule has 1 heterocycles. The first-order valence-electron chi connectivity index (χ1n) is 9.45. The first-order chi connectivity index (χ1) is 14.2. The SMILES string of the molecule is Cc1ccc(C(=O)NC[C@@H](c2cccnc2)S(=O)(=O)c2ccc(F)c(C)c2)cc1C. The fourth-order valence-electron chi connectivity index (χ4n) is 3.10. The van der Waals surface area contributed by atoms with Crippen LogP contribution in [0.15, 0.2) is 65.8 Å². The van der Waals surface area contributed by atoms with E-state index in [1.54, 1.807) is 30.5 Å². The Kier molecular flexibility index (Phi) is 6.31. The smallest absolute Gasteiger partial charge is 0.251 e. The minimum Gasteiger partial charge on any atom is -0.350 e. The van der Waals surface area contributed by atoms with Crippen molar-refractivity contribution in [3.63, 3.8) is 0 Å². The molecule has 0 aliphatic carbocycles. The molecular weight excluding hydrogens is 403 g/mol. The highest BCUT2D eigenvalue weighted by molar-refractivity contribution is 7.91. The Bertz CT molecular complexity index is 1180. The molecule has 0 fully saturated rings. The molecule has 3 aromatic rings. The summed E-state index contributed by atoms with van der Waals surface area (Å²) in [4.78, 5) is 16.6. The lowest BCUT2D eigenvalue weighted by Gasteiger charge is -2.19. The molecule has 7 heteroatoms. The quantitative estimate of drug-likeness (QED) is 0.603. The largest absolute Gasteiger partial charge is 0.350 e. The van der Waals surface area contributed by atoms with Crippen molar-refractivity contribution >= 4 is 15.7 Å². The molecule has 0 saturated heterocycles. The highest BCUT2D eigenvalue weighted by atomic mass is 32.2. The van der Waals surface area contributed by atoms with Gasteiger partial charge in [-0.25, -0.2) is 12.8 Å². The van der Waals surface area contributed by atoms with E-state index in [1.807, 2.05) is 19.9 Å². The molecule has 30 heavy (non-hydrogen) atoms. The van der Waals surface area contributed by atoms with Crippen molar-refractivity contribution in [2.45, 2.75) is 30.9 Å². The molecule has 0 bridgehead atoms. The van der Waals surface area contributed by atoms with Crippen LogP contribution in [0.2, 0.25) is 0 Å². The van der Waals surface area contributed by atoms with Crippen LogP contribution in [0.3, 0.4) is 0 Å². The Hall–Kier alpha value is -3.06. The Labute approximate surface area is 175 Å². The number of amides is 1. The van der Waals surface area contributed by atoms with Gasteiger partial charge in [-0.3, -0.25) is 9.78 Å². The first-order valence-corrected chi connectivity index (χ1v) is 11.0. The molecule has 0 spiro atoms. The van der Waals surface area contributed by atoms with Gasteiger partial charge in [-0.15, -0.1) is 0 Å². The summed E-state index contributed by atoms with van der Waals surface area (Å²) in [6.45, 7) is 5.23. The average molecular weight is 427 g/mol. The van der Waals surface area contributed by atoms with E-state index in [2.05, 4.69) is 10.3 Å². The third-order valence-electron chi connectivity index (χ3n) is 5.11. The molecule has 0 saturated carbocycles. The number of carbonyl (C=O) groups excluding carboxylic acids is 1. The Morgan fingerprint density at radius 1 is 1.03 bits per heavy atom. The lowest BCUT2D eigenvalue weighted by atomic mass is 10.1. The van der Waals surface area contributed by atoms with Gasteiger partial charge in [-0.2, -0.15) is 0 Å². The minimum absolute atomic E-state index is 0.00400. The summed E-state index contributed by atoms with van der Waals surface area (Å²) in [5.74, 6) is -0.840. The zero-order valence-corrected chi connectivity index (χ0v) is 17.8. The van der Waals surface area contributed by atoms with Crippen molar-refractivity contribution in [1.29, 1.82) is 0 Å². The standard InChI is InChI=1S/C23H23FN2O3S/c1-15-6-7-18(11-16(15)2)23(27)26-14-22(19-5-4-10-25-13-19)30(28,29)20-8-9-21(24)17(3)12-20/h4-13,22H,14H2,1-3H3,(H,26,27)/t22-/m0/s1. The molecule has 0 aliphatic heterocycles. The molecule has 5 nitrogen and oxygen atoms in total. The second-order valence-corrected chi connectivity index (χ2v) is 9.37. The van der Waals surface area contributed by atoms with E-state index >= 15 is 0 Å². The summed E-state index contributed by atoms with van der Waals surface area (Å²) in [6.07, 6.45) is 3.00. The van der Waals surface area contributed by atoms with Crippen LogP contribution in [0.5, 0.6) is 0 Å². The fraction of sp³-hybridized carbons (Fsp3) is 0.217. The third kappa shape index (κ3) is 4.57. The number of aryl methyl sites for hydroxylation is 3. The maximum atomic E-state index is 13.7. The van der Waals surface area contributed by atoms with E-state index < -0.39 is 20.9 Å². The van der Waals surface area contributed by atoms with Crippen molar-refractivity contribution in [2.24, 2.45) is 0 Å². The van der Waals surface area contributed by atoms with Gasteiger partial charge in [0.1, 0.15) is 11.1 Å². The van der Waals surface area contributed by atoms with E-state index in [9.17, 15) is 17.6 Å². The summed E-state index contributed by atoms with van der Waals surface area (Å²) in [6, 6.07) is 12.3. The lowest BCUT2D eigenvalue weighted by molar-refractivity contribution is 0.0953. The molecule has 1 amide bonds. The summed E-state index contributed by atoms with van der Waals surface area (Å²) in [5.41, 5.74) is 3.17. The van der Waals surface area contributed by atoms with Crippen LogP contribution in [0.1, 0.15) is 37.9 Å². The van der Waals surface area contributed by atoms with Gasteiger partial charge >= 0.3 is 0 Å². The van der Waals surface area contributed by atoms with Gasteiger partial charge in [-0.05, 0) is 79.4 Å². The number of nitrogens with one attached hydrogen (secondary N) is 1. The molecule has 0 aliphatic rings. The maximum Gasteiger partial charge on any atom is 0.251 e. The van der Waals surface area contributed by atoms with Gasteiger partial charge in [0.25, 0.3) is 5.91 Å². The fourth-order valence-corrected chi connectivity index (χ4v) is 4.83. The van der Waals surface area contributed by atoms with E-state index in [-0.39, 0.29) is 22.9 Å². The Balaban J connectivity index is 1.92. The zero-order chi connectivity index (χ0) is 21.9. The number of nitrogens with zero attached hydrogens (tertiary/aromatic N) is 1. The Morgan fingerprint density at radius 2 is 1.80 bits per heavy atom. The number of sulfone groups is 1. The predicted molar refractivity (Wildman–Crippen MR) is 114 cm³/mol. The second kappa shape index (κ2) is 8.75. The second-order valence-electron chi connectivity index (χ2n) is 7.24. The molecule has 0 radical (unpaired) electrons. The van der Waals surface area contributed by atoms with E-state index in [4.69, 9.17) is 0 Å². The summed E-state index contributed by atoms with van der Waals surface area (Å²) >= 11 is 0. The third-order valence-corrected chi connectivity index (χ3v) is 7.20. The molecule has 0 unspecified atom stereocenters. The molecule has 156 valence electrons. The van der Waals surface area contributed by atoms with Gasteiger partial charge in [0, 0.05) is 24.5 Å². The summed E-state index contributed by atoms with van der Waals surface area (Å²) in [5, 5.41) is 1.66. The number of hydrogen-bond acceptors (Lipinski definition) is 4. The molecule has 1 aromatic heterocycles. The van der Waals surface area contributed by atoms with E-state index in [0.717, 1.165) is 17.2 Å². The predicted octanol–water partition coefficient (Wildman–Crippen LogP) is 4.09. The van der Waals surface area contributed by atoms with Gasteiger partial charge in [0.2, 0.25) is 0 Å². The normalized spacial score (nSPS) is 12.4. The van der Waals surface area contributed by atoms with Crippen LogP contribution in [-0.2, 0) is 9.84 Å². The lowest BCUT2D eigenvalue weighted by Crippen LogP contribution is -2.32. The Morgan fingerprint density at radius 3 is 2.43 bits per heavy atom. The summed E-state index contributed by atoms with van der Waals surface area (Å²) < 4.78 is 40.3. The first kappa shape index (κ1) is 21.6. The minimum atomic E-state index is -3.91. The molecule has 1 atom stereocenters. The van der Waals surface area contributed by atoms with Crippen LogP contribution in [0.25, 0.3) is 0 Å². The number of benzene rings is 2. The molecule has 2 aromatic carbocycles.